The van der Waals surface area contributed by atoms with E-state index in [0.717, 1.165) is 0 Å². The second kappa shape index (κ2) is 8.70. The molecule has 25 heavy (non-hydrogen) atoms. The van der Waals surface area contributed by atoms with Crippen LogP contribution in [0, 0.1) is 0 Å². The van der Waals surface area contributed by atoms with Crippen LogP contribution >= 0.6 is 11.8 Å². The number of amides is 1. The van der Waals surface area contributed by atoms with Gasteiger partial charge in [0.05, 0.1) is 5.56 Å². The van der Waals surface area contributed by atoms with Gasteiger partial charge in [-0.25, -0.2) is 19.4 Å². The van der Waals surface area contributed by atoms with Gasteiger partial charge in [-0.05, 0) is 39.3 Å². The molecule has 0 bridgehead atoms. The van der Waals surface area contributed by atoms with E-state index in [9.17, 15) is 14.4 Å². The molecule has 0 saturated heterocycles. The van der Waals surface area contributed by atoms with Crippen molar-refractivity contribution in [3.05, 3.63) is 29.1 Å². The summed E-state index contributed by atoms with van der Waals surface area (Å²) >= 11 is 1.47. The van der Waals surface area contributed by atoms with Gasteiger partial charge in [0, 0.05) is 23.7 Å². The highest BCUT2D eigenvalue weighted by Gasteiger charge is 2.20. The molecule has 0 saturated carbocycles. The lowest BCUT2D eigenvalue weighted by molar-refractivity contribution is 0.0530. The van der Waals surface area contributed by atoms with Gasteiger partial charge in [-0.15, -0.1) is 0 Å². The normalized spacial score (nSPS) is 12.3. The van der Waals surface area contributed by atoms with Gasteiger partial charge in [-0.2, -0.15) is 11.8 Å². The summed E-state index contributed by atoms with van der Waals surface area (Å²) in [7, 11) is 0. The van der Waals surface area contributed by atoms with Gasteiger partial charge in [0.15, 0.2) is 5.69 Å². The molecular formula is C16H22N2O6S. The molecule has 0 aliphatic heterocycles. The molecular weight excluding hydrogens is 348 g/mol. The largest absolute Gasteiger partial charge is 0.478 e. The Morgan fingerprint density at radius 2 is 1.92 bits per heavy atom. The smallest absolute Gasteiger partial charge is 0.407 e. The zero-order chi connectivity index (χ0) is 19.2. The average Bonchev–Trinajstić information content (AvgIpc) is 2.48. The molecule has 1 atom stereocenters. The van der Waals surface area contributed by atoms with Crippen LogP contribution in [0.25, 0.3) is 0 Å². The summed E-state index contributed by atoms with van der Waals surface area (Å²) in [4.78, 5) is 37.4. The van der Waals surface area contributed by atoms with E-state index < -0.39 is 29.3 Å². The summed E-state index contributed by atoms with van der Waals surface area (Å²) < 4.78 is 5.12. The lowest BCUT2D eigenvalue weighted by Crippen LogP contribution is -2.33. The van der Waals surface area contributed by atoms with Gasteiger partial charge < -0.3 is 20.3 Å². The minimum absolute atomic E-state index is 0.117. The van der Waals surface area contributed by atoms with E-state index in [1.165, 1.54) is 24.0 Å². The minimum Gasteiger partial charge on any atom is -0.478 e. The molecule has 138 valence electrons. The molecule has 1 rings (SSSR count). The van der Waals surface area contributed by atoms with Crippen LogP contribution in [0.15, 0.2) is 12.3 Å². The number of aromatic nitrogens is 1. The van der Waals surface area contributed by atoms with Crippen molar-refractivity contribution in [2.75, 3.05) is 12.3 Å². The number of carbonyl (C=O) groups is 3. The maximum absolute atomic E-state index is 11.5. The summed E-state index contributed by atoms with van der Waals surface area (Å²) in [6.45, 7) is 7.56. The summed E-state index contributed by atoms with van der Waals surface area (Å²) in [5.74, 6) is -2.15. The lowest BCUT2D eigenvalue weighted by atomic mass is 10.1. The molecule has 1 amide bonds. The molecule has 0 radical (unpaired) electrons. The predicted molar refractivity (Wildman–Crippen MR) is 93.3 cm³/mol. The fraction of sp³-hybridized carbons (Fsp3) is 0.500. The van der Waals surface area contributed by atoms with Crippen LogP contribution in [0.3, 0.4) is 0 Å². The number of hydrogen-bond donors (Lipinski definition) is 3. The number of pyridine rings is 1. The van der Waals surface area contributed by atoms with Crippen LogP contribution in [-0.2, 0) is 4.74 Å². The number of carbonyl (C=O) groups excluding carboxylic acids is 1. The number of aromatic carboxylic acids is 2. The summed E-state index contributed by atoms with van der Waals surface area (Å²) in [6.07, 6.45) is 0.857. The van der Waals surface area contributed by atoms with Crippen LogP contribution < -0.4 is 5.32 Å². The summed E-state index contributed by atoms with van der Waals surface area (Å²) in [5.41, 5.74) is -0.788. The Morgan fingerprint density at radius 3 is 2.44 bits per heavy atom. The molecule has 0 aliphatic carbocycles. The number of alkyl carbamates (subject to hydrolysis) is 1. The summed E-state index contributed by atoms with van der Waals surface area (Å²) in [5, 5.41) is 20.6. The first-order valence-corrected chi connectivity index (χ1v) is 8.61. The lowest BCUT2D eigenvalue weighted by Gasteiger charge is -2.20. The highest BCUT2D eigenvalue weighted by molar-refractivity contribution is 7.99. The molecule has 0 spiro atoms. The van der Waals surface area contributed by atoms with E-state index in [2.05, 4.69) is 10.3 Å². The molecule has 0 fully saturated rings. The predicted octanol–water partition coefficient (Wildman–Crippen LogP) is 2.80. The number of rotatable bonds is 7. The number of carboxylic acids is 2. The fourth-order valence-electron chi connectivity index (χ4n) is 1.84. The van der Waals surface area contributed by atoms with Gasteiger partial charge in [0.1, 0.15) is 5.60 Å². The first kappa shape index (κ1) is 20.8. The highest BCUT2D eigenvalue weighted by atomic mass is 32.2. The Kier molecular flexibility index (Phi) is 7.22. The average molecular weight is 370 g/mol. The van der Waals surface area contributed by atoms with Crippen molar-refractivity contribution in [1.29, 1.82) is 0 Å². The van der Waals surface area contributed by atoms with E-state index in [1.54, 1.807) is 20.8 Å². The molecule has 0 aromatic carbocycles. The van der Waals surface area contributed by atoms with E-state index in [1.807, 2.05) is 6.92 Å². The Bertz CT molecular complexity index is 657. The Labute approximate surface area is 150 Å². The summed E-state index contributed by atoms with van der Waals surface area (Å²) in [6, 6.07) is 1.32. The molecule has 1 unspecified atom stereocenters. The van der Waals surface area contributed by atoms with Gasteiger partial charge in [0.25, 0.3) is 0 Å². The molecule has 3 N–H and O–H groups in total. The quantitative estimate of drug-likeness (QED) is 0.626. The van der Waals surface area contributed by atoms with Crippen LogP contribution in [0.4, 0.5) is 4.79 Å². The van der Waals surface area contributed by atoms with Crippen LogP contribution in [0.1, 0.15) is 59.4 Å². The number of thioether (sulfide) groups is 1. The Balaban J connectivity index is 2.59. The van der Waals surface area contributed by atoms with E-state index in [-0.39, 0.29) is 10.8 Å². The van der Waals surface area contributed by atoms with Crippen molar-refractivity contribution in [1.82, 2.24) is 10.3 Å². The van der Waals surface area contributed by atoms with E-state index in [4.69, 9.17) is 14.9 Å². The van der Waals surface area contributed by atoms with Crippen molar-refractivity contribution in [3.8, 4) is 0 Å². The molecule has 1 heterocycles. The third-order valence-electron chi connectivity index (χ3n) is 2.95. The van der Waals surface area contributed by atoms with Gasteiger partial charge >= 0.3 is 18.0 Å². The number of nitrogens with zero attached hydrogens (tertiary/aromatic N) is 1. The van der Waals surface area contributed by atoms with Crippen molar-refractivity contribution < 1.29 is 29.3 Å². The maximum Gasteiger partial charge on any atom is 0.407 e. The maximum atomic E-state index is 11.5. The fourth-order valence-corrected chi connectivity index (χ4v) is 2.73. The zero-order valence-corrected chi connectivity index (χ0v) is 15.3. The number of carboxylic acid groups (broad SMARTS) is 2. The van der Waals surface area contributed by atoms with Crippen molar-refractivity contribution in [2.45, 2.75) is 38.5 Å². The molecule has 9 heteroatoms. The topological polar surface area (TPSA) is 126 Å². The Morgan fingerprint density at radius 1 is 1.28 bits per heavy atom. The van der Waals surface area contributed by atoms with Crippen LogP contribution in [-0.4, -0.2) is 51.1 Å². The standard InChI is InChI=1S/C16H22N2O6S/c1-9(25-6-5-17-15(23)24-16(2,3)4)10-7-11(13(19)20)12(14(21)22)18-8-10/h7-9H,5-6H2,1-4H3,(H,17,23)(H,19,20)(H,21,22). The third-order valence-corrected chi connectivity index (χ3v) is 4.16. The second-order valence-electron chi connectivity index (χ2n) is 6.22. The highest BCUT2D eigenvalue weighted by Crippen LogP contribution is 2.28. The number of ether oxygens (including phenoxy) is 1. The van der Waals surface area contributed by atoms with Crippen LogP contribution in [0.2, 0.25) is 0 Å². The first-order valence-electron chi connectivity index (χ1n) is 7.56. The molecule has 8 nitrogen and oxygen atoms in total. The van der Waals surface area contributed by atoms with Crippen molar-refractivity contribution in [3.63, 3.8) is 0 Å². The second-order valence-corrected chi connectivity index (χ2v) is 7.67. The Hall–Kier alpha value is -2.29. The zero-order valence-electron chi connectivity index (χ0n) is 14.5. The number of hydrogen-bond acceptors (Lipinski definition) is 6. The van der Waals surface area contributed by atoms with Gasteiger partial charge in [-0.3, -0.25) is 0 Å². The first-order chi connectivity index (χ1) is 11.5. The van der Waals surface area contributed by atoms with Gasteiger partial charge in [-0.1, -0.05) is 0 Å². The van der Waals surface area contributed by atoms with Crippen molar-refractivity contribution >= 4 is 29.8 Å². The monoisotopic (exact) mass is 370 g/mol. The molecule has 1 aromatic rings. The molecule has 1 aromatic heterocycles. The third kappa shape index (κ3) is 7.00. The van der Waals surface area contributed by atoms with E-state index >= 15 is 0 Å². The van der Waals surface area contributed by atoms with E-state index in [0.29, 0.717) is 17.9 Å². The minimum atomic E-state index is -1.38. The molecule has 0 aliphatic rings. The number of nitrogens with one attached hydrogen (secondary N) is 1. The van der Waals surface area contributed by atoms with Crippen LogP contribution in [0.5, 0.6) is 0 Å². The van der Waals surface area contributed by atoms with Crippen molar-refractivity contribution in [2.24, 2.45) is 0 Å². The SMILES string of the molecule is CC(SCCNC(=O)OC(C)(C)C)c1cnc(C(=O)O)c(C(=O)O)c1. The van der Waals surface area contributed by atoms with Gasteiger partial charge in [0.2, 0.25) is 0 Å².